The average molecular weight is 422 g/mol. The maximum absolute atomic E-state index is 13.0. The molecule has 4 aromatic rings. The summed E-state index contributed by atoms with van der Waals surface area (Å²) in [6.07, 6.45) is 13.9. The third-order valence-electron chi connectivity index (χ3n) is 5.79. The van der Waals surface area contributed by atoms with E-state index < -0.39 is 0 Å². The molecular formula is C26H23N5O. The minimum absolute atomic E-state index is 0.0531. The van der Waals surface area contributed by atoms with Gasteiger partial charge in [0.25, 0.3) is 5.91 Å². The van der Waals surface area contributed by atoms with Gasteiger partial charge in [0.2, 0.25) is 0 Å². The number of hydrogen-bond donors (Lipinski definition) is 1. The number of imidazole rings is 1. The lowest BCUT2D eigenvalue weighted by Crippen LogP contribution is -2.34. The van der Waals surface area contributed by atoms with E-state index in [-0.39, 0.29) is 5.91 Å². The average Bonchev–Trinajstić information content (AvgIpc) is 3.37. The van der Waals surface area contributed by atoms with E-state index in [1.165, 1.54) is 5.57 Å². The highest BCUT2D eigenvalue weighted by atomic mass is 16.2. The van der Waals surface area contributed by atoms with Gasteiger partial charge in [-0.05, 0) is 58.8 Å². The van der Waals surface area contributed by atoms with Crippen LogP contribution in [0.3, 0.4) is 0 Å². The van der Waals surface area contributed by atoms with Crippen molar-refractivity contribution >= 4 is 40.3 Å². The highest BCUT2D eigenvalue weighted by molar-refractivity contribution is 5.96. The summed E-state index contributed by atoms with van der Waals surface area (Å²) in [7, 11) is 0. The van der Waals surface area contributed by atoms with Crippen LogP contribution in [0.1, 0.15) is 27.9 Å². The smallest absolute Gasteiger partial charge is 0.254 e. The van der Waals surface area contributed by atoms with Gasteiger partial charge < -0.3 is 15.2 Å². The molecule has 0 bridgehead atoms. The third kappa shape index (κ3) is 4.03. The highest BCUT2D eigenvalue weighted by Crippen LogP contribution is 2.28. The molecule has 0 saturated heterocycles. The minimum atomic E-state index is 0.0531. The Morgan fingerprint density at radius 2 is 1.94 bits per heavy atom. The maximum Gasteiger partial charge on any atom is 0.254 e. The van der Waals surface area contributed by atoms with E-state index in [4.69, 9.17) is 5.73 Å². The second-order valence-electron chi connectivity index (χ2n) is 7.81. The summed E-state index contributed by atoms with van der Waals surface area (Å²) < 4.78 is 1.87. The first-order chi connectivity index (χ1) is 15.7. The van der Waals surface area contributed by atoms with Crippen LogP contribution >= 0.6 is 0 Å². The number of nitrogens with two attached hydrogens (primary N) is 1. The Morgan fingerprint density at radius 1 is 1.06 bits per heavy atom. The molecule has 3 heterocycles. The predicted molar refractivity (Wildman–Crippen MR) is 129 cm³/mol. The normalized spacial score (nSPS) is 14.1. The van der Waals surface area contributed by atoms with Gasteiger partial charge in [-0.25, -0.2) is 9.97 Å². The summed E-state index contributed by atoms with van der Waals surface area (Å²) >= 11 is 0. The summed E-state index contributed by atoms with van der Waals surface area (Å²) in [5.41, 5.74) is 10.1. The first-order valence-corrected chi connectivity index (χ1v) is 10.6. The van der Waals surface area contributed by atoms with Crippen LogP contribution in [0.2, 0.25) is 0 Å². The van der Waals surface area contributed by atoms with Gasteiger partial charge in [0.1, 0.15) is 5.82 Å². The second kappa shape index (κ2) is 8.51. The van der Waals surface area contributed by atoms with Crippen LogP contribution in [0.15, 0.2) is 79.5 Å². The van der Waals surface area contributed by atoms with E-state index in [0.29, 0.717) is 24.5 Å². The number of nitrogen functional groups attached to an aromatic ring is 1. The first-order valence-electron chi connectivity index (χ1n) is 10.6. The first kappa shape index (κ1) is 19.8. The van der Waals surface area contributed by atoms with E-state index in [0.717, 1.165) is 28.3 Å². The molecule has 2 aromatic carbocycles. The lowest BCUT2D eigenvalue weighted by molar-refractivity contribution is 0.0773. The molecule has 0 spiro atoms. The lowest BCUT2D eigenvalue weighted by Gasteiger charge is -2.27. The molecule has 6 nitrogen and oxygen atoms in total. The van der Waals surface area contributed by atoms with E-state index in [1.807, 2.05) is 58.3 Å². The Hall–Kier alpha value is -4.19. The number of aromatic nitrogens is 3. The number of hydrogen-bond acceptors (Lipinski definition) is 4. The fraction of sp³-hybridized carbons (Fsp3) is 0.115. The van der Waals surface area contributed by atoms with Crippen LogP contribution in [0.25, 0.3) is 28.6 Å². The molecule has 0 unspecified atom stereocenters. The minimum Gasteiger partial charge on any atom is -0.383 e. The van der Waals surface area contributed by atoms with Crippen molar-refractivity contribution in [2.75, 3.05) is 18.8 Å². The molecule has 0 atom stereocenters. The molecule has 32 heavy (non-hydrogen) atoms. The summed E-state index contributed by atoms with van der Waals surface area (Å²) in [6, 6.07) is 15.9. The van der Waals surface area contributed by atoms with Crippen molar-refractivity contribution < 1.29 is 4.79 Å². The molecule has 0 fully saturated rings. The predicted octanol–water partition coefficient (Wildman–Crippen LogP) is 4.57. The van der Waals surface area contributed by atoms with Gasteiger partial charge in [-0.3, -0.25) is 4.79 Å². The molecule has 1 aliphatic rings. The number of anilines is 1. The zero-order valence-corrected chi connectivity index (χ0v) is 17.6. The van der Waals surface area contributed by atoms with Crippen LogP contribution in [0, 0.1) is 0 Å². The van der Waals surface area contributed by atoms with Crippen molar-refractivity contribution in [3.63, 3.8) is 0 Å². The van der Waals surface area contributed by atoms with Crippen molar-refractivity contribution in [3.05, 3.63) is 96.2 Å². The Bertz CT molecular complexity index is 1320. The molecule has 5 rings (SSSR count). The van der Waals surface area contributed by atoms with Crippen molar-refractivity contribution in [1.82, 2.24) is 19.4 Å². The number of pyridine rings is 1. The third-order valence-corrected chi connectivity index (χ3v) is 5.79. The fourth-order valence-electron chi connectivity index (χ4n) is 3.96. The van der Waals surface area contributed by atoms with Crippen molar-refractivity contribution in [3.8, 4) is 0 Å². The molecule has 158 valence electrons. The molecule has 1 amide bonds. The molecule has 1 aliphatic heterocycles. The summed E-state index contributed by atoms with van der Waals surface area (Å²) in [4.78, 5) is 23.0. The Morgan fingerprint density at radius 3 is 2.69 bits per heavy atom. The summed E-state index contributed by atoms with van der Waals surface area (Å²) in [6.45, 7) is 1.28. The monoisotopic (exact) mass is 421 g/mol. The molecule has 0 radical (unpaired) electrons. The van der Waals surface area contributed by atoms with Crippen LogP contribution in [-0.2, 0) is 0 Å². The zero-order chi connectivity index (χ0) is 21.9. The summed E-state index contributed by atoms with van der Waals surface area (Å²) in [5.74, 6) is 0.596. The van der Waals surface area contributed by atoms with Gasteiger partial charge in [-0.2, -0.15) is 0 Å². The van der Waals surface area contributed by atoms with Crippen LogP contribution in [0.4, 0.5) is 5.82 Å². The molecular weight excluding hydrogens is 398 g/mol. The van der Waals surface area contributed by atoms with E-state index >= 15 is 0 Å². The molecule has 0 saturated carbocycles. The number of amides is 1. The van der Waals surface area contributed by atoms with Crippen LogP contribution in [0.5, 0.6) is 0 Å². The summed E-state index contributed by atoms with van der Waals surface area (Å²) in [5, 5.41) is 2.05. The lowest BCUT2D eigenvalue weighted by atomic mass is 9.96. The topological polar surface area (TPSA) is 77.0 Å². The molecule has 2 N–H and O–H groups in total. The van der Waals surface area contributed by atoms with Crippen molar-refractivity contribution in [2.24, 2.45) is 0 Å². The number of nitrogens with zero attached hydrogens (tertiary/aromatic N) is 4. The van der Waals surface area contributed by atoms with E-state index in [1.54, 1.807) is 18.7 Å². The zero-order valence-electron chi connectivity index (χ0n) is 17.6. The molecule has 0 aliphatic carbocycles. The van der Waals surface area contributed by atoms with E-state index in [9.17, 15) is 4.79 Å². The SMILES string of the molecule is Nc1nccc2ccc(C3=CCN(C(=O)c4ccc(/C=C/n5ccnc5)cc4)CC3)cc12. The second-order valence-corrected chi connectivity index (χ2v) is 7.81. The number of fused-ring (bicyclic) bond motifs is 1. The van der Waals surface area contributed by atoms with Gasteiger partial charge in [-0.15, -0.1) is 0 Å². The standard InChI is InChI=1S/C26H23N5O/c27-25-24-17-23(6-5-21(24)7-11-29-25)20-9-14-31(15-10-20)26(32)22-3-1-19(2-4-22)8-13-30-16-12-28-18-30/h1-9,11-13,16-18H,10,14-15H2,(H2,27,29)/b13-8+. The Balaban J connectivity index is 1.27. The van der Waals surface area contributed by atoms with Gasteiger partial charge in [-0.1, -0.05) is 30.3 Å². The number of carbonyl (C=O) groups excluding carboxylic acids is 1. The van der Waals surface area contributed by atoms with Gasteiger partial charge in [0.05, 0.1) is 6.33 Å². The number of benzene rings is 2. The van der Waals surface area contributed by atoms with Gasteiger partial charge in [0, 0.05) is 48.8 Å². The van der Waals surface area contributed by atoms with E-state index in [2.05, 4.69) is 34.2 Å². The van der Waals surface area contributed by atoms with Gasteiger partial charge in [0.15, 0.2) is 0 Å². The highest BCUT2D eigenvalue weighted by Gasteiger charge is 2.19. The quantitative estimate of drug-likeness (QED) is 0.524. The molecule has 6 heteroatoms. The maximum atomic E-state index is 13.0. The van der Waals surface area contributed by atoms with Gasteiger partial charge >= 0.3 is 0 Å². The van der Waals surface area contributed by atoms with Crippen molar-refractivity contribution in [2.45, 2.75) is 6.42 Å². The Labute approximate surface area is 186 Å². The Kier molecular flexibility index (Phi) is 5.25. The van der Waals surface area contributed by atoms with Crippen LogP contribution < -0.4 is 5.73 Å². The molecule has 2 aromatic heterocycles. The number of carbonyl (C=O) groups is 1. The largest absolute Gasteiger partial charge is 0.383 e. The van der Waals surface area contributed by atoms with Crippen molar-refractivity contribution in [1.29, 1.82) is 0 Å². The number of rotatable bonds is 4. The van der Waals surface area contributed by atoms with Crippen LogP contribution in [-0.4, -0.2) is 38.4 Å². The fourth-order valence-corrected chi connectivity index (χ4v) is 3.96.